The molecule has 0 radical (unpaired) electrons. The minimum atomic E-state index is -4.38. The third kappa shape index (κ3) is 5.38. The molecule has 2 rings (SSSR count). The van der Waals surface area contributed by atoms with Gasteiger partial charge in [-0.2, -0.15) is 13.2 Å². The number of urea groups is 1. The van der Waals surface area contributed by atoms with Gasteiger partial charge in [0.25, 0.3) is 0 Å². The van der Waals surface area contributed by atoms with Crippen LogP contribution in [0.4, 0.5) is 23.7 Å². The van der Waals surface area contributed by atoms with Crippen molar-refractivity contribution in [3.8, 4) is 0 Å². The smallest absolute Gasteiger partial charge is 0.396 e. The average Bonchev–Trinajstić information content (AvgIpc) is 2.55. The van der Waals surface area contributed by atoms with Crippen molar-refractivity contribution < 1.29 is 23.1 Å². The van der Waals surface area contributed by atoms with E-state index in [4.69, 9.17) is 5.11 Å². The number of rotatable bonds is 5. The zero-order valence-electron chi connectivity index (χ0n) is 13.4. The van der Waals surface area contributed by atoms with Crippen molar-refractivity contribution >= 4 is 11.7 Å². The standard InChI is InChI=1S/C16H22F3N3O2/c17-16(18,19)13-3-5-14(6-4-13)20-15(24)22-10-8-21(9-11-22)7-1-2-12-23/h3-6,23H,1-2,7-12H2,(H,20,24). The second-order valence-corrected chi connectivity index (χ2v) is 5.76. The average molecular weight is 345 g/mol. The fraction of sp³-hybridized carbons (Fsp3) is 0.562. The van der Waals surface area contributed by atoms with Crippen molar-refractivity contribution in [2.75, 3.05) is 44.6 Å². The first kappa shape index (κ1) is 18.5. The summed E-state index contributed by atoms with van der Waals surface area (Å²) >= 11 is 0. The van der Waals surface area contributed by atoms with Gasteiger partial charge in [-0.1, -0.05) is 0 Å². The van der Waals surface area contributed by atoms with Crippen molar-refractivity contribution in [1.29, 1.82) is 0 Å². The Morgan fingerprint density at radius 3 is 2.25 bits per heavy atom. The van der Waals surface area contributed by atoms with E-state index in [9.17, 15) is 18.0 Å². The lowest BCUT2D eigenvalue weighted by Crippen LogP contribution is -2.50. The van der Waals surface area contributed by atoms with Crippen LogP contribution in [0.2, 0.25) is 0 Å². The van der Waals surface area contributed by atoms with Crippen LogP contribution in [0, 0.1) is 0 Å². The van der Waals surface area contributed by atoms with Crippen LogP contribution < -0.4 is 5.32 Å². The summed E-state index contributed by atoms with van der Waals surface area (Å²) in [7, 11) is 0. The lowest BCUT2D eigenvalue weighted by atomic mass is 10.2. The molecule has 5 nitrogen and oxygen atoms in total. The van der Waals surface area contributed by atoms with Crippen molar-refractivity contribution in [3.05, 3.63) is 29.8 Å². The molecule has 1 fully saturated rings. The van der Waals surface area contributed by atoms with Crippen LogP contribution in [0.5, 0.6) is 0 Å². The number of hydrogen-bond donors (Lipinski definition) is 2. The highest BCUT2D eigenvalue weighted by atomic mass is 19.4. The van der Waals surface area contributed by atoms with Gasteiger partial charge in [-0.05, 0) is 43.7 Å². The van der Waals surface area contributed by atoms with Crippen molar-refractivity contribution in [2.24, 2.45) is 0 Å². The van der Waals surface area contributed by atoms with Crippen LogP contribution in [-0.2, 0) is 6.18 Å². The van der Waals surface area contributed by atoms with Crippen molar-refractivity contribution in [1.82, 2.24) is 9.80 Å². The van der Waals surface area contributed by atoms with Crippen LogP contribution >= 0.6 is 0 Å². The van der Waals surface area contributed by atoms with E-state index >= 15 is 0 Å². The quantitative estimate of drug-likeness (QED) is 0.807. The number of nitrogens with one attached hydrogen (secondary N) is 1. The van der Waals surface area contributed by atoms with E-state index in [1.807, 2.05) is 0 Å². The van der Waals surface area contributed by atoms with Gasteiger partial charge in [0.2, 0.25) is 0 Å². The molecule has 0 aliphatic carbocycles. The van der Waals surface area contributed by atoms with Gasteiger partial charge in [0.05, 0.1) is 5.56 Å². The molecule has 0 aromatic heterocycles. The van der Waals surface area contributed by atoms with Gasteiger partial charge in [-0.15, -0.1) is 0 Å². The van der Waals surface area contributed by atoms with E-state index < -0.39 is 11.7 Å². The minimum absolute atomic E-state index is 0.190. The third-order valence-corrected chi connectivity index (χ3v) is 4.01. The Morgan fingerprint density at radius 2 is 1.71 bits per heavy atom. The second-order valence-electron chi connectivity index (χ2n) is 5.76. The molecular weight excluding hydrogens is 323 g/mol. The van der Waals surface area contributed by atoms with Gasteiger partial charge < -0.3 is 15.3 Å². The van der Waals surface area contributed by atoms with Crippen LogP contribution in [0.1, 0.15) is 18.4 Å². The second kappa shape index (κ2) is 8.34. The van der Waals surface area contributed by atoms with Crippen LogP contribution in [0.15, 0.2) is 24.3 Å². The predicted octanol–water partition coefficient (Wildman–Crippen LogP) is 2.63. The Kier molecular flexibility index (Phi) is 6.44. The fourth-order valence-electron chi connectivity index (χ4n) is 2.57. The van der Waals surface area contributed by atoms with E-state index in [-0.39, 0.29) is 12.6 Å². The zero-order valence-corrected chi connectivity index (χ0v) is 13.4. The summed E-state index contributed by atoms with van der Waals surface area (Å²) in [5.74, 6) is 0. The summed E-state index contributed by atoms with van der Waals surface area (Å²) in [4.78, 5) is 16.0. The summed E-state index contributed by atoms with van der Waals surface area (Å²) in [6.45, 7) is 3.75. The number of benzene rings is 1. The van der Waals surface area contributed by atoms with E-state index in [0.29, 0.717) is 18.8 Å². The molecule has 0 bridgehead atoms. The lowest BCUT2D eigenvalue weighted by molar-refractivity contribution is -0.137. The lowest BCUT2D eigenvalue weighted by Gasteiger charge is -2.34. The molecule has 134 valence electrons. The zero-order chi connectivity index (χ0) is 17.6. The summed E-state index contributed by atoms with van der Waals surface area (Å²) in [5, 5.41) is 11.4. The number of aliphatic hydroxyl groups is 1. The number of carbonyl (C=O) groups excluding carboxylic acids is 1. The number of carbonyl (C=O) groups is 1. The van der Waals surface area contributed by atoms with Gasteiger partial charge in [-0.3, -0.25) is 4.90 Å². The Morgan fingerprint density at radius 1 is 1.08 bits per heavy atom. The molecule has 0 atom stereocenters. The number of halogens is 3. The molecular formula is C16H22F3N3O2. The summed E-state index contributed by atoms with van der Waals surface area (Å²) in [5.41, 5.74) is -0.393. The first-order chi connectivity index (χ1) is 11.4. The number of anilines is 1. The maximum atomic E-state index is 12.5. The van der Waals surface area contributed by atoms with Crippen LogP contribution in [0.25, 0.3) is 0 Å². The van der Waals surface area contributed by atoms with Crippen molar-refractivity contribution in [2.45, 2.75) is 19.0 Å². The normalized spacial score (nSPS) is 16.2. The van der Waals surface area contributed by atoms with Gasteiger partial charge in [-0.25, -0.2) is 4.79 Å². The molecule has 2 amide bonds. The topological polar surface area (TPSA) is 55.8 Å². The minimum Gasteiger partial charge on any atom is -0.396 e. The highest BCUT2D eigenvalue weighted by Gasteiger charge is 2.30. The molecule has 2 N–H and O–H groups in total. The number of aliphatic hydroxyl groups excluding tert-OH is 1. The highest BCUT2D eigenvalue weighted by Crippen LogP contribution is 2.29. The largest absolute Gasteiger partial charge is 0.416 e. The molecule has 1 heterocycles. The molecule has 8 heteroatoms. The van der Waals surface area contributed by atoms with Gasteiger partial charge in [0.15, 0.2) is 0 Å². The van der Waals surface area contributed by atoms with Gasteiger partial charge in [0.1, 0.15) is 0 Å². The Labute approximate surface area is 139 Å². The number of piperazine rings is 1. The number of unbranched alkanes of at least 4 members (excludes halogenated alkanes) is 1. The van der Waals surface area contributed by atoms with Gasteiger partial charge >= 0.3 is 12.2 Å². The van der Waals surface area contributed by atoms with E-state index in [1.165, 1.54) is 12.1 Å². The molecule has 1 saturated heterocycles. The summed E-state index contributed by atoms with van der Waals surface area (Å²) < 4.78 is 37.5. The van der Waals surface area contributed by atoms with Crippen molar-refractivity contribution in [3.63, 3.8) is 0 Å². The molecule has 1 aromatic rings. The molecule has 1 aliphatic rings. The predicted molar refractivity (Wildman–Crippen MR) is 84.8 cm³/mol. The molecule has 0 spiro atoms. The fourth-order valence-corrected chi connectivity index (χ4v) is 2.57. The van der Waals surface area contributed by atoms with Crippen LogP contribution in [0.3, 0.4) is 0 Å². The number of hydrogen-bond acceptors (Lipinski definition) is 3. The van der Waals surface area contributed by atoms with Crippen LogP contribution in [-0.4, -0.2) is 60.3 Å². The first-order valence-corrected chi connectivity index (χ1v) is 7.96. The molecule has 0 saturated carbocycles. The number of nitrogens with zero attached hydrogens (tertiary/aromatic N) is 2. The Hall–Kier alpha value is -1.80. The first-order valence-electron chi connectivity index (χ1n) is 7.96. The number of amides is 2. The van der Waals surface area contributed by atoms with Gasteiger partial charge in [0, 0.05) is 38.5 Å². The molecule has 0 unspecified atom stereocenters. The Bertz CT molecular complexity index is 526. The molecule has 1 aromatic carbocycles. The maximum Gasteiger partial charge on any atom is 0.416 e. The highest BCUT2D eigenvalue weighted by molar-refractivity contribution is 5.89. The Balaban J connectivity index is 1.79. The molecule has 1 aliphatic heterocycles. The van der Waals surface area contributed by atoms with E-state index in [0.717, 1.165) is 44.6 Å². The molecule has 24 heavy (non-hydrogen) atoms. The third-order valence-electron chi connectivity index (χ3n) is 4.01. The SMILES string of the molecule is O=C(Nc1ccc(C(F)(F)F)cc1)N1CCN(CCCCO)CC1. The van der Waals surface area contributed by atoms with E-state index in [2.05, 4.69) is 10.2 Å². The summed E-state index contributed by atoms with van der Waals surface area (Å²) in [6, 6.07) is 4.12. The van der Waals surface area contributed by atoms with E-state index in [1.54, 1.807) is 4.90 Å². The number of alkyl halides is 3. The summed E-state index contributed by atoms with van der Waals surface area (Å²) in [6.07, 6.45) is -2.68. The maximum absolute atomic E-state index is 12.5. The monoisotopic (exact) mass is 345 g/mol.